The first-order valence-corrected chi connectivity index (χ1v) is 32.6. The monoisotopic (exact) mass is 1100 g/mol. The summed E-state index contributed by atoms with van der Waals surface area (Å²) < 4.78 is 11.3. The van der Waals surface area contributed by atoms with Gasteiger partial charge in [0, 0.05) is 6.42 Å². The van der Waals surface area contributed by atoms with Gasteiger partial charge >= 0.3 is 0 Å². The van der Waals surface area contributed by atoms with Crippen LogP contribution in [-0.4, -0.2) is 87.5 Å². The minimum absolute atomic E-state index is 0.208. The maximum absolute atomic E-state index is 13.1. The van der Waals surface area contributed by atoms with Gasteiger partial charge in [0.05, 0.1) is 25.4 Å². The number of ether oxygens (including phenoxy) is 2. The highest BCUT2D eigenvalue weighted by Gasteiger charge is 2.44. The highest BCUT2D eigenvalue weighted by Crippen LogP contribution is 2.23. The van der Waals surface area contributed by atoms with E-state index in [1.807, 2.05) is 6.08 Å². The van der Waals surface area contributed by atoms with Crippen LogP contribution >= 0.6 is 0 Å². The average Bonchev–Trinajstić information content (AvgIpc) is 3.47. The predicted molar refractivity (Wildman–Crippen MR) is 336 cm³/mol. The molecular weight excluding hydrogens is 983 g/mol. The number of hydrogen-bond acceptors (Lipinski definition) is 8. The van der Waals surface area contributed by atoms with Crippen LogP contribution < -0.4 is 5.32 Å². The summed E-state index contributed by atoms with van der Waals surface area (Å²) in [6, 6.07) is -0.842. The topological polar surface area (TPSA) is 149 Å². The van der Waals surface area contributed by atoms with Gasteiger partial charge in [0.1, 0.15) is 24.4 Å². The molecule has 6 N–H and O–H groups in total. The molecule has 1 fully saturated rings. The summed E-state index contributed by atoms with van der Waals surface area (Å²) in [6.07, 6.45) is 78.9. The normalized spacial score (nSPS) is 19.3. The number of rotatable bonds is 55. The number of aliphatic hydroxyl groups excluding tert-OH is 5. The molecule has 7 atom stereocenters. The van der Waals surface area contributed by atoms with Gasteiger partial charge < -0.3 is 40.3 Å². The van der Waals surface area contributed by atoms with Crippen LogP contribution in [0.1, 0.15) is 271 Å². The molecule has 1 aliphatic heterocycles. The molecule has 79 heavy (non-hydrogen) atoms. The Morgan fingerprint density at radius 1 is 0.443 bits per heavy atom. The largest absolute Gasteiger partial charge is 0.394 e. The Labute approximate surface area is 485 Å². The molecule has 454 valence electrons. The van der Waals surface area contributed by atoms with Crippen molar-refractivity contribution >= 4 is 5.91 Å². The summed E-state index contributed by atoms with van der Waals surface area (Å²) in [7, 11) is 0. The lowest BCUT2D eigenvalue weighted by Crippen LogP contribution is -2.60. The zero-order chi connectivity index (χ0) is 57.2. The average molecular weight is 1100 g/mol. The van der Waals surface area contributed by atoms with Crippen LogP contribution in [0, 0.1) is 0 Å². The van der Waals surface area contributed by atoms with Crippen molar-refractivity contribution in [3.05, 3.63) is 109 Å². The summed E-state index contributed by atoms with van der Waals surface area (Å²) in [5.74, 6) is -0.208. The lowest BCUT2D eigenvalue weighted by Gasteiger charge is -2.40. The first kappa shape index (κ1) is 73.9. The standard InChI is InChI=1S/C70H121NO8/c1-3-5-7-9-11-13-15-17-19-21-23-25-27-29-31-32-34-35-37-39-41-43-45-47-49-51-53-55-57-59-64(73)63(62-78-70-69(77)68(76)67(75)65(61-72)79-70)71-66(74)60-58-56-54-52-50-48-46-44-42-40-38-36-33-30-28-26-24-22-20-18-16-14-12-10-8-6-4-2/h6,8,12,14,18,20,24,26,30,33,38,40,44,46,49,51,57,59,63-65,67-70,72-73,75-77H,3-5,7,9-11,13,15-17,19,21-23,25,27-29,31-32,34-37,39,41-43,45,47-48,50,52-56,58,60-62H2,1-2H3,(H,71,74)/b8-6-,14-12-,20-18-,26-24-,33-30-,40-38-,46-44-,51-49+,59-57+. The smallest absolute Gasteiger partial charge is 0.220 e. The van der Waals surface area contributed by atoms with Crippen molar-refractivity contribution in [1.29, 1.82) is 0 Å². The zero-order valence-corrected chi connectivity index (χ0v) is 50.6. The fourth-order valence-corrected chi connectivity index (χ4v) is 9.74. The van der Waals surface area contributed by atoms with Gasteiger partial charge in [0.15, 0.2) is 6.29 Å². The van der Waals surface area contributed by atoms with Crippen molar-refractivity contribution < 1.29 is 39.8 Å². The number of carbonyl (C=O) groups excluding carboxylic acids is 1. The highest BCUT2D eigenvalue weighted by atomic mass is 16.7. The third-order valence-electron chi connectivity index (χ3n) is 14.8. The van der Waals surface area contributed by atoms with Crippen molar-refractivity contribution in [2.24, 2.45) is 0 Å². The summed E-state index contributed by atoms with van der Waals surface area (Å²) in [5, 5.41) is 54.6. The third-order valence-corrected chi connectivity index (χ3v) is 14.8. The van der Waals surface area contributed by atoms with Gasteiger partial charge in [0.2, 0.25) is 5.91 Å². The van der Waals surface area contributed by atoms with Crippen molar-refractivity contribution in [1.82, 2.24) is 5.32 Å². The number of allylic oxidation sites excluding steroid dienone is 17. The van der Waals surface area contributed by atoms with E-state index in [9.17, 15) is 30.3 Å². The van der Waals surface area contributed by atoms with E-state index in [1.54, 1.807) is 6.08 Å². The molecule has 1 saturated heterocycles. The van der Waals surface area contributed by atoms with E-state index in [2.05, 4.69) is 116 Å². The Morgan fingerprint density at radius 2 is 0.797 bits per heavy atom. The van der Waals surface area contributed by atoms with Gasteiger partial charge in [-0.2, -0.15) is 0 Å². The third kappa shape index (κ3) is 47.1. The molecule has 9 heteroatoms. The van der Waals surface area contributed by atoms with E-state index in [1.165, 1.54) is 148 Å². The molecule has 0 aromatic heterocycles. The lowest BCUT2D eigenvalue weighted by atomic mass is 9.99. The quantitative estimate of drug-likeness (QED) is 0.0261. The van der Waals surface area contributed by atoms with Gasteiger partial charge in [-0.3, -0.25) is 4.79 Å². The number of carbonyl (C=O) groups is 1. The van der Waals surface area contributed by atoms with Crippen LogP contribution in [0.4, 0.5) is 0 Å². The van der Waals surface area contributed by atoms with Gasteiger partial charge in [0.25, 0.3) is 0 Å². The van der Waals surface area contributed by atoms with E-state index in [0.717, 1.165) is 103 Å². The van der Waals surface area contributed by atoms with E-state index in [4.69, 9.17) is 9.47 Å². The Bertz CT molecular complexity index is 1610. The second-order valence-electron chi connectivity index (χ2n) is 22.2. The molecule has 0 bridgehead atoms. The van der Waals surface area contributed by atoms with E-state index >= 15 is 0 Å². The minimum Gasteiger partial charge on any atom is -0.394 e. The molecule has 0 aliphatic carbocycles. The highest BCUT2D eigenvalue weighted by molar-refractivity contribution is 5.76. The molecule has 1 heterocycles. The number of aliphatic hydroxyl groups is 5. The Hall–Kier alpha value is -3.15. The Kier molecular flexibility index (Phi) is 54.3. The second-order valence-corrected chi connectivity index (χ2v) is 22.2. The summed E-state index contributed by atoms with van der Waals surface area (Å²) in [4.78, 5) is 13.1. The molecule has 1 amide bonds. The number of amides is 1. The molecule has 7 unspecified atom stereocenters. The molecule has 0 spiro atoms. The van der Waals surface area contributed by atoms with Crippen LogP contribution in [0.2, 0.25) is 0 Å². The molecule has 1 aliphatic rings. The van der Waals surface area contributed by atoms with Crippen LogP contribution in [0.25, 0.3) is 0 Å². The minimum atomic E-state index is -1.58. The van der Waals surface area contributed by atoms with Gasteiger partial charge in [-0.15, -0.1) is 0 Å². The van der Waals surface area contributed by atoms with Crippen molar-refractivity contribution in [2.45, 2.75) is 314 Å². The fraction of sp³-hybridized carbons (Fsp3) is 0.729. The Morgan fingerprint density at radius 3 is 1.22 bits per heavy atom. The molecule has 0 aromatic carbocycles. The molecule has 0 saturated carbocycles. The zero-order valence-electron chi connectivity index (χ0n) is 50.6. The molecular formula is C70H121NO8. The van der Waals surface area contributed by atoms with Gasteiger partial charge in [-0.05, 0) is 89.9 Å². The maximum atomic E-state index is 13.1. The lowest BCUT2D eigenvalue weighted by molar-refractivity contribution is -0.302. The Balaban J connectivity index is 2.23. The fourth-order valence-electron chi connectivity index (χ4n) is 9.74. The first-order valence-electron chi connectivity index (χ1n) is 32.6. The SMILES string of the molecule is CC/C=C\C/C=C\C/C=C\C/C=C\C/C=C\C/C=C\C/C=C\CCCCCCCC(=O)NC(COC1OC(CO)C(O)C(O)C1O)C(O)/C=C/CC/C=C/CCCCCCCCCCCCCCCCCCCCCCCCC. The molecule has 0 radical (unpaired) electrons. The van der Waals surface area contributed by atoms with Gasteiger partial charge in [-0.1, -0.05) is 284 Å². The van der Waals surface area contributed by atoms with E-state index in [-0.39, 0.29) is 12.5 Å². The number of unbranched alkanes of at least 4 members (excludes halogenated alkanes) is 29. The van der Waals surface area contributed by atoms with Crippen LogP contribution in [0.15, 0.2) is 109 Å². The van der Waals surface area contributed by atoms with Crippen molar-refractivity contribution in [3.63, 3.8) is 0 Å². The summed E-state index contributed by atoms with van der Waals surface area (Å²) >= 11 is 0. The molecule has 9 nitrogen and oxygen atoms in total. The second kappa shape index (κ2) is 58.1. The molecule has 0 aromatic rings. The van der Waals surface area contributed by atoms with E-state index < -0.39 is 49.5 Å². The van der Waals surface area contributed by atoms with Crippen LogP contribution in [0.3, 0.4) is 0 Å². The number of hydrogen-bond donors (Lipinski definition) is 6. The maximum Gasteiger partial charge on any atom is 0.220 e. The molecule has 1 rings (SSSR count). The number of nitrogens with one attached hydrogen (secondary N) is 1. The summed E-state index contributed by atoms with van der Waals surface area (Å²) in [5.41, 5.74) is 0. The summed E-state index contributed by atoms with van der Waals surface area (Å²) in [6.45, 7) is 3.65. The predicted octanol–water partition coefficient (Wildman–Crippen LogP) is 17.3. The van der Waals surface area contributed by atoms with Crippen molar-refractivity contribution in [2.75, 3.05) is 13.2 Å². The first-order chi connectivity index (χ1) is 38.8. The van der Waals surface area contributed by atoms with Crippen LogP contribution in [0.5, 0.6) is 0 Å². The van der Waals surface area contributed by atoms with E-state index in [0.29, 0.717) is 6.42 Å². The van der Waals surface area contributed by atoms with Crippen molar-refractivity contribution in [3.8, 4) is 0 Å². The van der Waals surface area contributed by atoms with Gasteiger partial charge in [-0.25, -0.2) is 0 Å². The van der Waals surface area contributed by atoms with Crippen LogP contribution in [-0.2, 0) is 14.3 Å².